The van der Waals surface area contributed by atoms with Gasteiger partial charge in [-0.3, -0.25) is 0 Å². The number of hydrogen-bond acceptors (Lipinski definition) is 4. The highest BCUT2D eigenvalue weighted by molar-refractivity contribution is 7.98. The molecule has 0 bridgehead atoms. The van der Waals surface area contributed by atoms with E-state index in [4.69, 9.17) is 0 Å². The first-order chi connectivity index (χ1) is 10.2. The van der Waals surface area contributed by atoms with E-state index in [0.29, 0.717) is 6.04 Å². The molecule has 0 aliphatic carbocycles. The molecule has 1 aromatic heterocycles. The maximum absolute atomic E-state index is 4.34. The summed E-state index contributed by atoms with van der Waals surface area (Å²) in [5, 5.41) is 7.68. The maximum Gasteiger partial charge on any atom is 0.138 e. The Morgan fingerprint density at radius 1 is 1.24 bits per heavy atom. The van der Waals surface area contributed by atoms with E-state index in [1.54, 1.807) is 18.1 Å². The molecule has 5 heteroatoms. The molecule has 1 heterocycles. The van der Waals surface area contributed by atoms with Gasteiger partial charge in [-0.05, 0) is 44.5 Å². The van der Waals surface area contributed by atoms with E-state index in [2.05, 4.69) is 60.4 Å². The molecule has 1 N–H and O–H groups in total. The standard InChI is InChI=1S/C16H24N4S/c1-4-9-17-10-14-5-7-15(8-6-14)21-11-16-18-12-19-20(16)13(2)3/h5-8,12-13,17H,4,9-11H2,1-3H3. The Morgan fingerprint density at radius 3 is 2.67 bits per heavy atom. The number of nitrogens with zero attached hydrogens (tertiary/aromatic N) is 3. The van der Waals surface area contributed by atoms with Gasteiger partial charge in [-0.25, -0.2) is 9.67 Å². The molecule has 2 aromatic rings. The summed E-state index contributed by atoms with van der Waals surface area (Å²) in [6, 6.07) is 9.11. The van der Waals surface area contributed by atoms with Crippen LogP contribution in [0.2, 0.25) is 0 Å². The fraction of sp³-hybridized carbons (Fsp3) is 0.500. The summed E-state index contributed by atoms with van der Waals surface area (Å²) in [5.74, 6) is 1.88. The molecule has 0 saturated heterocycles. The monoisotopic (exact) mass is 304 g/mol. The molecule has 0 spiro atoms. The minimum Gasteiger partial charge on any atom is -0.313 e. The molecule has 0 unspecified atom stereocenters. The average molecular weight is 304 g/mol. The van der Waals surface area contributed by atoms with Crippen LogP contribution in [0.25, 0.3) is 0 Å². The van der Waals surface area contributed by atoms with Crippen LogP contribution in [-0.2, 0) is 12.3 Å². The van der Waals surface area contributed by atoms with Gasteiger partial charge in [0.1, 0.15) is 12.2 Å². The highest BCUT2D eigenvalue weighted by Gasteiger charge is 2.07. The van der Waals surface area contributed by atoms with Gasteiger partial charge in [0.15, 0.2) is 0 Å². The Kier molecular flexibility index (Phi) is 6.26. The van der Waals surface area contributed by atoms with Crippen molar-refractivity contribution in [2.45, 2.75) is 50.4 Å². The fourth-order valence-electron chi connectivity index (χ4n) is 2.07. The van der Waals surface area contributed by atoms with Crippen molar-refractivity contribution in [2.24, 2.45) is 0 Å². The highest BCUT2D eigenvalue weighted by atomic mass is 32.2. The third-order valence-corrected chi connectivity index (χ3v) is 4.19. The molecule has 0 radical (unpaired) electrons. The molecule has 0 fully saturated rings. The third-order valence-electron chi connectivity index (χ3n) is 3.18. The molecule has 4 nitrogen and oxygen atoms in total. The van der Waals surface area contributed by atoms with E-state index >= 15 is 0 Å². The molecule has 0 amide bonds. The smallest absolute Gasteiger partial charge is 0.138 e. The lowest BCUT2D eigenvalue weighted by atomic mass is 10.2. The first-order valence-electron chi connectivity index (χ1n) is 7.51. The first kappa shape index (κ1) is 16.0. The van der Waals surface area contributed by atoms with Gasteiger partial charge in [-0.1, -0.05) is 19.1 Å². The van der Waals surface area contributed by atoms with Crippen LogP contribution in [-0.4, -0.2) is 21.3 Å². The Morgan fingerprint density at radius 2 is 2.00 bits per heavy atom. The molecule has 114 valence electrons. The van der Waals surface area contributed by atoms with E-state index in [0.717, 1.165) is 24.7 Å². The quantitative estimate of drug-likeness (QED) is 0.597. The molecule has 1 aromatic carbocycles. The molecule has 0 aliphatic rings. The predicted octanol–water partition coefficient (Wildman–Crippen LogP) is 3.65. The van der Waals surface area contributed by atoms with E-state index < -0.39 is 0 Å². The van der Waals surface area contributed by atoms with Gasteiger partial charge in [0.2, 0.25) is 0 Å². The molecular formula is C16H24N4S. The van der Waals surface area contributed by atoms with Gasteiger partial charge in [-0.2, -0.15) is 5.10 Å². The van der Waals surface area contributed by atoms with Gasteiger partial charge in [0.05, 0.1) is 5.75 Å². The van der Waals surface area contributed by atoms with Gasteiger partial charge in [0, 0.05) is 17.5 Å². The third kappa shape index (κ3) is 4.86. The average Bonchev–Trinajstić information content (AvgIpc) is 2.95. The lowest BCUT2D eigenvalue weighted by Gasteiger charge is -2.09. The Balaban J connectivity index is 1.87. The zero-order valence-electron chi connectivity index (χ0n) is 13.0. The summed E-state index contributed by atoms with van der Waals surface area (Å²) >= 11 is 1.80. The largest absolute Gasteiger partial charge is 0.313 e. The zero-order valence-corrected chi connectivity index (χ0v) is 13.9. The van der Waals surface area contributed by atoms with Crippen molar-refractivity contribution >= 4 is 11.8 Å². The Hall–Kier alpha value is -1.33. The van der Waals surface area contributed by atoms with Crippen molar-refractivity contribution in [3.63, 3.8) is 0 Å². The molecule has 21 heavy (non-hydrogen) atoms. The van der Waals surface area contributed by atoms with Gasteiger partial charge in [0.25, 0.3) is 0 Å². The SMILES string of the molecule is CCCNCc1ccc(SCc2ncnn2C(C)C)cc1. The van der Waals surface area contributed by atoms with E-state index in [-0.39, 0.29) is 0 Å². The number of nitrogens with one attached hydrogen (secondary N) is 1. The van der Waals surface area contributed by atoms with Crippen LogP contribution in [0.15, 0.2) is 35.5 Å². The second-order valence-corrected chi connectivity index (χ2v) is 6.37. The number of hydrogen-bond donors (Lipinski definition) is 1. The second-order valence-electron chi connectivity index (χ2n) is 5.32. The van der Waals surface area contributed by atoms with Crippen LogP contribution in [0.4, 0.5) is 0 Å². The lowest BCUT2D eigenvalue weighted by Crippen LogP contribution is -2.13. The molecular weight excluding hydrogens is 280 g/mol. The minimum absolute atomic E-state index is 0.357. The van der Waals surface area contributed by atoms with Crippen LogP contribution < -0.4 is 5.32 Å². The van der Waals surface area contributed by atoms with Crippen LogP contribution in [0.5, 0.6) is 0 Å². The number of rotatable bonds is 8. The summed E-state index contributed by atoms with van der Waals surface area (Å²) in [6.45, 7) is 8.45. The number of aromatic nitrogens is 3. The van der Waals surface area contributed by atoms with Crippen molar-refractivity contribution in [1.29, 1.82) is 0 Å². The van der Waals surface area contributed by atoms with Crippen LogP contribution in [0.1, 0.15) is 44.6 Å². The summed E-state index contributed by atoms with van der Waals surface area (Å²) in [5.41, 5.74) is 1.33. The van der Waals surface area contributed by atoms with Crippen molar-refractivity contribution < 1.29 is 0 Å². The van der Waals surface area contributed by atoms with Crippen molar-refractivity contribution in [3.05, 3.63) is 42.0 Å². The van der Waals surface area contributed by atoms with Crippen molar-refractivity contribution in [3.8, 4) is 0 Å². The molecule has 0 saturated carbocycles. The van der Waals surface area contributed by atoms with Crippen molar-refractivity contribution in [1.82, 2.24) is 20.1 Å². The molecule has 0 aliphatic heterocycles. The van der Waals surface area contributed by atoms with E-state index in [1.807, 2.05) is 4.68 Å². The van der Waals surface area contributed by atoms with Crippen LogP contribution in [0.3, 0.4) is 0 Å². The van der Waals surface area contributed by atoms with Crippen LogP contribution in [0, 0.1) is 0 Å². The normalized spacial score (nSPS) is 11.2. The summed E-state index contributed by atoms with van der Waals surface area (Å²) in [4.78, 5) is 5.61. The summed E-state index contributed by atoms with van der Waals surface area (Å²) < 4.78 is 1.98. The number of thioether (sulfide) groups is 1. The van der Waals surface area contributed by atoms with Crippen LogP contribution >= 0.6 is 11.8 Å². The van der Waals surface area contributed by atoms with Gasteiger partial charge in [-0.15, -0.1) is 11.8 Å². The molecule has 2 rings (SSSR count). The minimum atomic E-state index is 0.357. The van der Waals surface area contributed by atoms with Crippen molar-refractivity contribution in [2.75, 3.05) is 6.54 Å². The number of benzene rings is 1. The summed E-state index contributed by atoms with van der Waals surface area (Å²) in [7, 11) is 0. The zero-order chi connectivity index (χ0) is 15.1. The first-order valence-corrected chi connectivity index (χ1v) is 8.50. The highest BCUT2D eigenvalue weighted by Crippen LogP contribution is 2.23. The summed E-state index contributed by atoms with van der Waals surface area (Å²) in [6.07, 6.45) is 2.81. The topological polar surface area (TPSA) is 42.7 Å². The molecule has 0 atom stereocenters. The van der Waals surface area contributed by atoms with E-state index in [1.165, 1.54) is 16.9 Å². The van der Waals surface area contributed by atoms with Gasteiger partial charge < -0.3 is 5.32 Å². The Labute approximate surface area is 131 Å². The van der Waals surface area contributed by atoms with E-state index in [9.17, 15) is 0 Å². The Bertz CT molecular complexity index is 533. The fourth-order valence-corrected chi connectivity index (χ4v) is 2.90. The maximum atomic E-state index is 4.34. The lowest BCUT2D eigenvalue weighted by molar-refractivity contribution is 0.514. The van der Waals surface area contributed by atoms with Gasteiger partial charge >= 0.3 is 0 Å². The predicted molar refractivity (Wildman–Crippen MR) is 88.4 cm³/mol. The second kappa shape index (κ2) is 8.20.